The van der Waals surface area contributed by atoms with Crippen molar-refractivity contribution in [3.8, 4) is 17.2 Å². The minimum absolute atomic E-state index is 0.0303. The molecule has 1 unspecified atom stereocenters. The van der Waals surface area contributed by atoms with Crippen LogP contribution in [0.4, 0.5) is 0 Å². The van der Waals surface area contributed by atoms with Crippen molar-refractivity contribution in [3.63, 3.8) is 0 Å². The maximum absolute atomic E-state index is 10.6. The molecule has 0 aliphatic rings. The van der Waals surface area contributed by atoms with Crippen LogP contribution in [-0.4, -0.2) is 242 Å². The second-order valence-corrected chi connectivity index (χ2v) is 52.4. The maximum atomic E-state index is 10.6. The fourth-order valence-corrected chi connectivity index (χ4v) is 10.9. The van der Waals surface area contributed by atoms with E-state index in [1.807, 2.05) is 61.0 Å². The van der Waals surface area contributed by atoms with Gasteiger partial charge in [-0.1, -0.05) is 133 Å². The molecule has 3 rings (SSSR count). The third-order valence-corrected chi connectivity index (χ3v) is 36.5. The van der Waals surface area contributed by atoms with Crippen molar-refractivity contribution in [2.75, 3.05) is 127 Å². The van der Waals surface area contributed by atoms with Gasteiger partial charge < -0.3 is 71.8 Å². The summed E-state index contributed by atoms with van der Waals surface area (Å²) in [5.74, 6) is 1.88. The van der Waals surface area contributed by atoms with Crippen LogP contribution < -0.4 is 25.7 Å². The Morgan fingerprint density at radius 2 is 0.770 bits per heavy atom. The van der Waals surface area contributed by atoms with Crippen LogP contribution in [0.15, 0.2) is 82.8 Å². The monoisotopic (exact) mass is 1510 g/mol. The van der Waals surface area contributed by atoms with Crippen molar-refractivity contribution >= 4 is 79.1 Å². The molecule has 3 aromatic rings. The molecule has 6 N–H and O–H groups in total. The SMILES string of the molecule is CC(C)(C)[Si](C)(C)OC[C@H](N)[C@@H](N)CO[Si](C)(C)C(C)(C)C.COCCOCOc1ccccc1C=N[C@@H](CO[Si](C)(C)C(C)(C)C)[C@H](CO[Si](C)(C)C(C)(C)C)N=Cc1ccccc1OCOCCOC.COCCOCOc1ccccc1C=O.O=[S](O)(=[Mg])OO.[CH2+]CN(CC)CC. The smallest absolute Gasteiger partial charge is 0.138 e. The summed E-state index contributed by atoms with van der Waals surface area (Å²) in [4.78, 5) is 23.2. The molecule has 0 radical (unpaired) electrons. The second kappa shape index (κ2) is 50.6. The largest absolute Gasteiger partial charge is 0.266 e. The van der Waals surface area contributed by atoms with Gasteiger partial charge in [-0.15, -0.1) is 0 Å². The Hall–Kier alpha value is -2.92. The quantitative estimate of drug-likeness (QED) is 0.00600. The molecule has 29 heteroatoms. The number of rotatable bonds is 41. The van der Waals surface area contributed by atoms with E-state index in [4.69, 9.17) is 91.6 Å². The van der Waals surface area contributed by atoms with Crippen LogP contribution >= 0.6 is 0 Å². The van der Waals surface area contributed by atoms with Crippen LogP contribution in [-0.2, 0) is 57.8 Å². The number of carbonyl (C=O) groups excluding carboxylic acids is 1. The van der Waals surface area contributed by atoms with Gasteiger partial charge in [0.05, 0.1) is 90.6 Å². The van der Waals surface area contributed by atoms with Gasteiger partial charge >= 0.3 is 45.5 Å². The number of hydrogen-bond acceptors (Lipinski definition) is 22. The minimum Gasteiger partial charge on any atom is -0.266 e. The Balaban J connectivity index is 0. The predicted molar refractivity (Wildman–Crippen MR) is 419 cm³/mol. The van der Waals surface area contributed by atoms with E-state index in [9.17, 15) is 9.00 Å². The van der Waals surface area contributed by atoms with Crippen LogP contribution in [0.3, 0.4) is 0 Å². The molecule has 0 aromatic heterocycles. The normalized spacial score (nSPS) is 14.4. The van der Waals surface area contributed by atoms with Crippen LogP contribution in [0.2, 0.25) is 72.5 Å². The first kappa shape index (κ1) is 99.1. The molecule has 0 fully saturated rings. The van der Waals surface area contributed by atoms with E-state index < -0.39 is 40.6 Å². The van der Waals surface area contributed by atoms with Gasteiger partial charge in [0.15, 0.2) is 59.9 Å². The maximum Gasteiger partial charge on any atom is 0.138 e. The molecule has 3 aromatic carbocycles. The van der Waals surface area contributed by atoms with Gasteiger partial charge in [0.1, 0.15) is 23.8 Å². The molecule has 100 heavy (non-hydrogen) atoms. The number of nitrogens with zero attached hydrogens (tertiary/aromatic N) is 3. The first-order valence-corrected chi connectivity index (χ1v) is 49.2. The fourth-order valence-electron chi connectivity index (χ4n) is 6.77. The van der Waals surface area contributed by atoms with Crippen molar-refractivity contribution in [1.82, 2.24) is 4.90 Å². The predicted octanol–water partition coefficient (Wildman–Crippen LogP) is 13.6. The van der Waals surface area contributed by atoms with Crippen molar-refractivity contribution in [1.29, 1.82) is 0 Å². The van der Waals surface area contributed by atoms with Gasteiger partial charge in [-0.3, -0.25) is 19.7 Å². The molecule has 0 saturated heterocycles. The van der Waals surface area contributed by atoms with E-state index in [1.165, 1.54) is 0 Å². The fraction of sp³-hybridized carbons (Fsp3) is 0.690. The molecule has 0 aliphatic heterocycles. The number of aldehydes is 1. The average molecular weight is 1510 g/mol. The van der Waals surface area contributed by atoms with Gasteiger partial charge in [0.25, 0.3) is 0 Å². The van der Waals surface area contributed by atoms with E-state index in [-0.39, 0.29) is 64.7 Å². The first-order chi connectivity index (χ1) is 46.3. The van der Waals surface area contributed by atoms with E-state index in [2.05, 4.69) is 165 Å². The van der Waals surface area contributed by atoms with Gasteiger partial charge in [0.2, 0.25) is 0 Å². The Labute approximate surface area is 619 Å². The Kier molecular flexibility index (Phi) is 50.1. The summed E-state index contributed by atoms with van der Waals surface area (Å²) in [6.45, 7) is 61.1. The number of nitrogens with two attached hydrogens (primary N) is 2. The van der Waals surface area contributed by atoms with Crippen molar-refractivity contribution in [2.24, 2.45) is 21.5 Å². The summed E-state index contributed by atoms with van der Waals surface area (Å²) in [6, 6.07) is 21.5. The van der Waals surface area contributed by atoms with Crippen molar-refractivity contribution in [2.45, 2.75) is 194 Å². The molecular formula is C71H134MgN5O18SSi4+. The van der Waals surface area contributed by atoms with Crippen LogP contribution in [0, 0.1) is 6.92 Å². The van der Waals surface area contributed by atoms with E-state index in [1.54, 1.807) is 45.6 Å². The Bertz CT molecular complexity index is 2660. The van der Waals surface area contributed by atoms with Crippen molar-refractivity contribution < 1.29 is 83.5 Å². The molecule has 0 spiro atoms. The Morgan fingerprint density at radius 3 is 1.00 bits per heavy atom. The van der Waals surface area contributed by atoms with E-state index >= 15 is 0 Å². The zero-order valence-corrected chi connectivity index (χ0v) is 72.3. The number of para-hydroxylation sites is 3. The first-order valence-electron chi connectivity index (χ1n) is 34.2. The molecule has 0 bridgehead atoms. The van der Waals surface area contributed by atoms with Crippen LogP contribution in [0.25, 0.3) is 0 Å². The number of methoxy groups -OCH3 is 3. The van der Waals surface area contributed by atoms with Gasteiger partial charge in [-0.2, -0.15) is 0 Å². The molecule has 0 aliphatic carbocycles. The summed E-state index contributed by atoms with van der Waals surface area (Å²) >= 11 is 0.671. The number of hydrogen-bond donors (Lipinski definition) is 4. The molecule has 0 heterocycles. The molecule has 23 nitrogen and oxygen atoms in total. The third-order valence-electron chi connectivity index (χ3n) is 17.9. The summed E-state index contributed by atoms with van der Waals surface area (Å²) in [7, 11) is -6.23. The number of aliphatic imine (C=N–C) groups is 2. The van der Waals surface area contributed by atoms with Gasteiger partial charge in [-0.25, -0.2) is 0 Å². The third kappa shape index (κ3) is 42.9. The van der Waals surface area contributed by atoms with Crippen LogP contribution in [0.5, 0.6) is 17.2 Å². The van der Waals surface area contributed by atoms with E-state index in [0.717, 1.165) is 37.0 Å². The molecule has 0 saturated carbocycles. The molecule has 0 amide bonds. The average Bonchev–Trinajstić information content (AvgIpc) is 0.838. The molecule has 574 valence electrons. The topological polar surface area (TPSA) is 284 Å². The van der Waals surface area contributed by atoms with Crippen molar-refractivity contribution in [3.05, 3.63) is 96.4 Å². The summed E-state index contributed by atoms with van der Waals surface area (Å²) in [5.41, 5.74) is 14.6. The zero-order valence-electron chi connectivity index (χ0n) is 66.0. The summed E-state index contributed by atoms with van der Waals surface area (Å²) in [5, 5.41) is 7.82. The minimum atomic E-state index is -3.33. The molecular weight excluding hydrogens is 1380 g/mol. The number of ether oxygens (including phenoxy) is 9. The second-order valence-electron chi connectivity index (χ2n) is 29.7. The Morgan fingerprint density at radius 1 is 0.510 bits per heavy atom. The summed E-state index contributed by atoms with van der Waals surface area (Å²) in [6.07, 6.45) is 4.46. The molecule has 5 atom stereocenters. The number of benzene rings is 3. The standard InChI is InChI=1S/C38H64N2O8Si2.C16H40N2O2Si2.C11H14O4.C6H14N.Mg.H2O4S/c1-37(2,3)49(9,10)47-27-33(39-25-31-17-13-15-19-35(31)45-29-43-23-21-41-7)34(28-48-50(11,12)38(4,5)6)40-26-32-18-14-16-20-36(32)46-30-44-24-22-42-8;1-15(2,3)21(7,8)19-11-13(17)14(18)12-20-22(9,10)16(4,5)6;1-13-6-7-14-9-15-11-5-3-2-4-10(11)8-12;1-4-7(5-2)6-3;;1-4-5(2)3/h13-20,25-26,33-34H,21-24,27-30H2,1-12H3;13-14H,11-12,17-18H2,1-10H3;2-5,8H,6-7,9H2,1H3;1,4-6H2,2-3H3;;1H,(H,2,3)/q;;;+1;;/t33-,34-;13-,14-;;;;/m00..../s1. The zero-order chi connectivity index (χ0) is 77.1. The number of carbonyl (C=O) groups is 1. The summed E-state index contributed by atoms with van der Waals surface area (Å²) < 4.78 is 94.9. The van der Waals surface area contributed by atoms with Gasteiger partial charge in [0, 0.05) is 57.0 Å². The van der Waals surface area contributed by atoms with E-state index in [0.29, 0.717) is 109 Å². The van der Waals surface area contributed by atoms with Crippen LogP contribution in [0.1, 0.15) is 118 Å². The van der Waals surface area contributed by atoms with Gasteiger partial charge in [-0.05, 0) is 122 Å².